The summed E-state index contributed by atoms with van der Waals surface area (Å²) in [5, 5.41) is 3.64. The molecule has 0 radical (unpaired) electrons. The molecule has 2 heteroatoms. The first-order valence-corrected chi connectivity index (χ1v) is 10.00. The van der Waals surface area contributed by atoms with E-state index in [9.17, 15) is 4.79 Å². The van der Waals surface area contributed by atoms with Gasteiger partial charge >= 0.3 is 0 Å². The topological polar surface area (TPSA) is 29.1 Å². The Hall–Kier alpha value is -1.57. The van der Waals surface area contributed by atoms with Crippen LogP contribution >= 0.6 is 0 Å². The Morgan fingerprint density at radius 1 is 1.24 bits per heavy atom. The van der Waals surface area contributed by atoms with Crippen molar-refractivity contribution in [1.82, 2.24) is 5.32 Å². The van der Waals surface area contributed by atoms with Gasteiger partial charge in [-0.3, -0.25) is 4.79 Å². The van der Waals surface area contributed by atoms with Gasteiger partial charge in [-0.05, 0) is 63.4 Å². The highest BCUT2D eigenvalue weighted by Gasteiger charge is 2.46. The third kappa shape index (κ3) is 3.16. The second-order valence-electron chi connectivity index (χ2n) is 9.55. The van der Waals surface area contributed by atoms with E-state index in [0.29, 0.717) is 11.7 Å². The maximum absolute atomic E-state index is 13.4. The van der Waals surface area contributed by atoms with Crippen LogP contribution in [0.2, 0.25) is 0 Å². The van der Waals surface area contributed by atoms with Gasteiger partial charge in [0.25, 0.3) is 0 Å². The molecule has 2 aliphatic carbocycles. The summed E-state index contributed by atoms with van der Waals surface area (Å²) in [7, 11) is 0. The smallest absolute Gasteiger partial charge is 0.163 e. The Balaban J connectivity index is 1.69. The van der Waals surface area contributed by atoms with Crippen LogP contribution in [0.25, 0.3) is 5.70 Å². The molecule has 2 fully saturated rings. The molecule has 1 aromatic rings. The lowest BCUT2D eigenvalue weighted by atomic mass is 9.57. The fourth-order valence-corrected chi connectivity index (χ4v) is 5.80. The van der Waals surface area contributed by atoms with E-state index in [1.165, 1.54) is 30.4 Å². The molecule has 2 nitrogen and oxygen atoms in total. The van der Waals surface area contributed by atoms with Crippen molar-refractivity contribution in [1.29, 1.82) is 0 Å². The van der Waals surface area contributed by atoms with Gasteiger partial charge < -0.3 is 5.32 Å². The van der Waals surface area contributed by atoms with E-state index in [1.807, 2.05) is 6.08 Å². The molecule has 0 spiro atoms. The highest BCUT2D eigenvalue weighted by molar-refractivity contribution is 6.01. The van der Waals surface area contributed by atoms with Crippen LogP contribution in [0.4, 0.5) is 0 Å². The number of nitrogens with one attached hydrogen (secondary N) is 1. The zero-order chi connectivity index (χ0) is 17.7. The molecule has 3 atom stereocenters. The molecule has 1 aromatic carbocycles. The summed E-state index contributed by atoms with van der Waals surface area (Å²) in [5.74, 6) is 1.83. The van der Waals surface area contributed by atoms with Crippen LogP contribution < -0.4 is 5.32 Å². The lowest BCUT2D eigenvalue weighted by Crippen LogP contribution is -2.45. The lowest BCUT2D eigenvalue weighted by molar-refractivity contribution is -0.130. The van der Waals surface area contributed by atoms with Gasteiger partial charge in [0.2, 0.25) is 0 Å². The number of hydrogen-bond donors (Lipinski definition) is 1. The molecule has 1 aliphatic heterocycles. The quantitative estimate of drug-likeness (QED) is 0.758. The zero-order valence-corrected chi connectivity index (χ0v) is 15.9. The number of fused-ring (bicyclic) bond motifs is 3. The number of carbonyl (C=O) groups is 1. The first kappa shape index (κ1) is 16.9. The standard InChI is InChI=1S/C23H31NO/c1-16-11-17-7-6-10-23(13-16,14-17)21(25)12-20-19-9-5-4-8-18(19)15-22(2,3)24-20/h4-5,8-9,12,16-17,24H,6-7,10-11,13-15H2,1-3H3/b20-12-. The second-order valence-corrected chi connectivity index (χ2v) is 9.55. The summed E-state index contributed by atoms with van der Waals surface area (Å²) in [6.45, 7) is 6.78. The van der Waals surface area contributed by atoms with E-state index >= 15 is 0 Å². The van der Waals surface area contributed by atoms with Gasteiger partial charge in [-0.2, -0.15) is 0 Å². The molecule has 25 heavy (non-hydrogen) atoms. The first-order valence-electron chi connectivity index (χ1n) is 10.00. The molecule has 1 heterocycles. The van der Waals surface area contributed by atoms with Gasteiger partial charge in [-0.25, -0.2) is 0 Å². The second kappa shape index (κ2) is 6.00. The monoisotopic (exact) mass is 337 g/mol. The van der Waals surface area contributed by atoms with Crippen LogP contribution in [-0.4, -0.2) is 11.3 Å². The Bertz CT molecular complexity index is 713. The van der Waals surface area contributed by atoms with Crippen molar-refractivity contribution < 1.29 is 4.79 Å². The minimum Gasteiger partial charge on any atom is -0.379 e. The van der Waals surface area contributed by atoms with Crippen molar-refractivity contribution >= 4 is 11.5 Å². The Morgan fingerprint density at radius 2 is 2.04 bits per heavy atom. The molecule has 2 saturated carbocycles. The summed E-state index contributed by atoms with van der Waals surface area (Å²) >= 11 is 0. The van der Waals surface area contributed by atoms with Gasteiger partial charge in [-0.1, -0.05) is 44.0 Å². The van der Waals surface area contributed by atoms with Crippen molar-refractivity contribution in [2.45, 2.75) is 71.3 Å². The van der Waals surface area contributed by atoms with Crippen LogP contribution in [0.3, 0.4) is 0 Å². The molecular formula is C23H31NO. The minimum absolute atomic E-state index is 0.00686. The van der Waals surface area contributed by atoms with E-state index < -0.39 is 0 Å². The molecule has 4 rings (SSSR count). The van der Waals surface area contributed by atoms with E-state index in [4.69, 9.17) is 0 Å². The summed E-state index contributed by atoms with van der Waals surface area (Å²) in [6.07, 6.45) is 10.1. The maximum atomic E-state index is 13.4. The van der Waals surface area contributed by atoms with Crippen LogP contribution in [0, 0.1) is 17.3 Å². The molecular weight excluding hydrogens is 306 g/mol. The highest BCUT2D eigenvalue weighted by atomic mass is 16.1. The number of carbonyl (C=O) groups excluding carboxylic acids is 1. The van der Waals surface area contributed by atoms with Gasteiger partial charge in [0.1, 0.15) is 0 Å². The van der Waals surface area contributed by atoms with E-state index in [-0.39, 0.29) is 11.0 Å². The zero-order valence-electron chi connectivity index (χ0n) is 15.9. The van der Waals surface area contributed by atoms with Crippen molar-refractivity contribution in [2.75, 3.05) is 0 Å². The molecule has 0 saturated heterocycles. The average molecular weight is 338 g/mol. The Morgan fingerprint density at radius 3 is 2.88 bits per heavy atom. The summed E-state index contributed by atoms with van der Waals surface area (Å²) < 4.78 is 0. The Kier molecular flexibility index (Phi) is 4.05. The van der Waals surface area contributed by atoms with Crippen molar-refractivity contribution in [3.8, 4) is 0 Å². The normalized spacial score (nSPS) is 34.9. The maximum Gasteiger partial charge on any atom is 0.163 e. The van der Waals surface area contributed by atoms with Crippen LogP contribution in [0.1, 0.15) is 70.4 Å². The fraction of sp³-hybridized carbons (Fsp3) is 0.609. The van der Waals surface area contributed by atoms with Crippen LogP contribution in [-0.2, 0) is 11.2 Å². The van der Waals surface area contributed by atoms with Gasteiger partial charge in [-0.15, -0.1) is 0 Å². The molecule has 134 valence electrons. The van der Waals surface area contributed by atoms with E-state index in [2.05, 4.69) is 50.4 Å². The summed E-state index contributed by atoms with van der Waals surface area (Å²) in [5.41, 5.74) is 3.49. The Labute approximate surface area is 152 Å². The number of benzene rings is 1. The van der Waals surface area contributed by atoms with Gasteiger partial charge in [0.05, 0.1) is 0 Å². The molecule has 2 bridgehead atoms. The van der Waals surface area contributed by atoms with E-state index in [0.717, 1.165) is 37.3 Å². The summed E-state index contributed by atoms with van der Waals surface area (Å²) in [6, 6.07) is 8.54. The van der Waals surface area contributed by atoms with Crippen LogP contribution in [0.5, 0.6) is 0 Å². The van der Waals surface area contributed by atoms with Crippen molar-refractivity contribution in [3.63, 3.8) is 0 Å². The van der Waals surface area contributed by atoms with Crippen LogP contribution in [0.15, 0.2) is 30.3 Å². The lowest BCUT2D eigenvalue weighted by Gasteiger charge is -2.46. The number of allylic oxidation sites excluding steroid dienone is 1. The third-order valence-corrected chi connectivity index (χ3v) is 6.63. The fourth-order valence-electron chi connectivity index (χ4n) is 5.80. The first-order chi connectivity index (χ1) is 11.9. The molecule has 0 amide bonds. The van der Waals surface area contributed by atoms with Gasteiger partial charge in [0, 0.05) is 28.3 Å². The molecule has 1 N–H and O–H groups in total. The molecule has 3 aliphatic rings. The number of hydrogen-bond acceptors (Lipinski definition) is 2. The number of rotatable bonds is 2. The predicted molar refractivity (Wildman–Crippen MR) is 103 cm³/mol. The highest BCUT2D eigenvalue weighted by Crippen LogP contribution is 2.52. The summed E-state index contributed by atoms with van der Waals surface area (Å²) in [4.78, 5) is 13.4. The largest absolute Gasteiger partial charge is 0.379 e. The number of ketones is 1. The van der Waals surface area contributed by atoms with E-state index in [1.54, 1.807) is 0 Å². The minimum atomic E-state index is -0.0915. The molecule has 3 unspecified atom stereocenters. The average Bonchev–Trinajstić information content (AvgIpc) is 2.53. The predicted octanol–water partition coefficient (Wildman–Crippen LogP) is 5.13. The SMILES string of the molecule is CC1CC2CCCC(C(=O)/C=C3\NC(C)(C)Cc4ccccc43)(C1)C2. The van der Waals surface area contributed by atoms with Crippen molar-refractivity contribution in [3.05, 3.63) is 41.5 Å². The van der Waals surface area contributed by atoms with Gasteiger partial charge in [0.15, 0.2) is 5.78 Å². The van der Waals surface area contributed by atoms with Crippen molar-refractivity contribution in [2.24, 2.45) is 17.3 Å². The molecule has 0 aromatic heterocycles. The third-order valence-electron chi connectivity index (χ3n) is 6.63.